The van der Waals surface area contributed by atoms with Gasteiger partial charge in [-0.25, -0.2) is 0 Å². The van der Waals surface area contributed by atoms with E-state index in [-0.39, 0.29) is 12.1 Å². The van der Waals surface area contributed by atoms with E-state index in [2.05, 4.69) is 27.0 Å². The van der Waals surface area contributed by atoms with Gasteiger partial charge in [0, 0.05) is 18.6 Å². The molecule has 1 aliphatic rings. The SMILES string of the molecule is CC1C(N)CCCN1c1n[nH]c(C(C)(C)O)n1. The molecule has 0 spiro atoms. The van der Waals surface area contributed by atoms with Gasteiger partial charge in [0.15, 0.2) is 5.82 Å². The van der Waals surface area contributed by atoms with Gasteiger partial charge in [-0.15, -0.1) is 5.10 Å². The number of rotatable bonds is 2. The molecule has 1 fully saturated rings. The van der Waals surface area contributed by atoms with E-state index in [9.17, 15) is 5.11 Å². The van der Waals surface area contributed by atoms with Crippen LogP contribution in [0.15, 0.2) is 0 Å². The summed E-state index contributed by atoms with van der Waals surface area (Å²) in [6, 6.07) is 0.391. The highest BCUT2D eigenvalue weighted by Crippen LogP contribution is 2.23. The number of aliphatic hydroxyl groups is 1. The Kier molecular flexibility index (Phi) is 3.09. The molecule has 1 aromatic heterocycles. The molecule has 1 saturated heterocycles. The molecule has 1 aromatic rings. The van der Waals surface area contributed by atoms with Crippen LogP contribution in [0, 0.1) is 0 Å². The Labute approximate surface area is 101 Å². The van der Waals surface area contributed by atoms with Gasteiger partial charge in [-0.1, -0.05) is 0 Å². The van der Waals surface area contributed by atoms with E-state index in [0.29, 0.717) is 11.8 Å². The molecule has 0 bridgehead atoms. The van der Waals surface area contributed by atoms with Gasteiger partial charge < -0.3 is 15.7 Å². The van der Waals surface area contributed by atoms with Gasteiger partial charge in [0.25, 0.3) is 0 Å². The van der Waals surface area contributed by atoms with Crippen molar-refractivity contribution in [1.29, 1.82) is 0 Å². The van der Waals surface area contributed by atoms with E-state index in [1.54, 1.807) is 13.8 Å². The molecule has 0 aromatic carbocycles. The molecule has 17 heavy (non-hydrogen) atoms. The topological polar surface area (TPSA) is 91.1 Å². The Bertz CT molecular complexity index is 383. The monoisotopic (exact) mass is 239 g/mol. The maximum Gasteiger partial charge on any atom is 0.245 e. The summed E-state index contributed by atoms with van der Waals surface area (Å²) in [6.07, 6.45) is 2.10. The van der Waals surface area contributed by atoms with Crippen molar-refractivity contribution in [1.82, 2.24) is 15.2 Å². The molecule has 4 N–H and O–H groups in total. The highest BCUT2D eigenvalue weighted by atomic mass is 16.3. The van der Waals surface area contributed by atoms with Gasteiger partial charge in [0.1, 0.15) is 5.60 Å². The number of hydrogen-bond donors (Lipinski definition) is 3. The second-order valence-corrected chi connectivity index (χ2v) is 5.28. The fourth-order valence-electron chi connectivity index (χ4n) is 2.11. The summed E-state index contributed by atoms with van der Waals surface area (Å²) < 4.78 is 0. The lowest BCUT2D eigenvalue weighted by Gasteiger charge is -2.36. The molecule has 6 heteroatoms. The third-order valence-corrected chi connectivity index (χ3v) is 3.36. The molecule has 6 nitrogen and oxygen atoms in total. The van der Waals surface area contributed by atoms with Crippen molar-refractivity contribution in [2.24, 2.45) is 5.73 Å². The maximum absolute atomic E-state index is 9.84. The van der Waals surface area contributed by atoms with E-state index < -0.39 is 5.60 Å². The molecule has 2 rings (SSSR count). The van der Waals surface area contributed by atoms with Crippen molar-refractivity contribution in [3.63, 3.8) is 0 Å². The fraction of sp³-hybridized carbons (Fsp3) is 0.818. The van der Waals surface area contributed by atoms with Crippen LogP contribution in [0.25, 0.3) is 0 Å². The van der Waals surface area contributed by atoms with Crippen molar-refractivity contribution in [2.45, 2.75) is 51.3 Å². The second-order valence-electron chi connectivity index (χ2n) is 5.28. The molecule has 2 heterocycles. The predicted octanol–water partition coefficient (Wildman–Crippen LogP) is 0.348. The summed E-state index contributed by atoms with van der Waals surface area (Å²) >= 11 is 0. The average molecular weight is 239 g/mol. The second kappa shape index (κ2) is 4.27. The van der Waals surface area contributed by atoms with Crippen LogP contribution in [0.5, 0.6) is 0 Å². The highest BCUT2D eigenvalue weighted by Gasteiger charge is 2.29. The summed E-state index contributed by atoms with van der Waals surface area (Å²) in [7, 11) is 0. The molecular weight excluding hydrogens is 218 g/mol. The zero-order valence-electron chi connectivity index (χ0n) is 10.6. The van der Waals surface area contributed by atoms with E-state index in [1.165, 1.54) is 0 Å². The van der Waals surface area contributed by atoms with Gasteiger partial charge in [0.2, 0.25) is 5.95 Å². The lowest BCUT2D eigenvalue weighted by atomic mass is 9.99. The van der Waals surface area contributed by atoms with Crippen molar-refractivity contribution >= 4 is 5.95 Å². The van der Waals surface area contributed by atoms with Crippen LogP contribution >= 0.6 is 0 Å². The first kappa shape index (κ1) is 12.3. The van der Waals surface area contributed by atoms with Crippen LogP contribution in [-0.4, -0.2) is 38.9 Å². The molecule has 0 aliphatic carbocycles. The van der Waals surface area contributed by atoms with Crippen molar-refractivity contribution < 1.29 is 5.11 Å². The first-order chi connectivity index (χ1) is 7.89. The summed E-state index contributed by atoms with van der Waals surface area (Å²) in [4.78, 5) is 6.44. The predicted molar refractivity (Wildman–Crippen MR) is 65.6 cm³/mol. The summed E-state index contributed by atoms with van der Waals surface area (Å²) in [5.74, 6) is 1.11. The Hall–Kier alpha value is -1.14. The Morgan fingerprint density at radius 1 is 1.53 bits per heavy atom. The largest absolute Gasteiger partial charge is 0.382 e. The number of nitrogens with two attached hydrogens (primary N) is 1. The van der Waals surface area contributed by atoms with Crippen LogP contribution in [0.4, 0.5) is 5.95 Å². The summed E-state index contributed by atoms with van der Waals surface area (Å²) in [6.45, 7) is 6.37. The zero-order chi connectivity index (χ0) is 12.6. The Morgan fingerprint density at radius 3 is 2.82 bits per heavy atom. The lowest BCUT2D eigenvalue weighted by Crippen LogP contribution is -2.51. The molecular formula is C11H21N5O. The number of anilines is 1. The van der Waals surface area contributed by atoms with Gasteiger partial charge in [-0.05, 0) is 33.6 Å². The molecule has 1 aliphatic heterocycles. The number of nitrogens with zero attached hydrogens (tertiary/aromatic N) is 3. The van der Waals surface area contributed by atoms with Crippen molar-refractivity contribution in [2.75, 3.05) is 11.4 Å². The molecule has 0 radical (unpaired) electrons. The third kappa shape index (κ3) is 2.42. The number of aromatic amines is 1. The van der Waals surface area contributed by atoms with Gasteiger partial charge in [0.05, 0.1) is 0 Å². The number of H-pyrrole nitrogens is 1. The number of nitrogens with one attached hydrogen (secondary N) is 1. The maximum atomic E-state index is 9.84. The average Bonchev–Trinajstić information content (AvgIpc) is 2.70. The van der Waals surface area contributed by atoms with Crippen LogP contribution < -0.4 is 10.6 Å². The zero-order valence-corrected chi connectivity index (χ0v) is 10.6. The summed E-state index contributed by atoms with van der Waals surface area (Å²) in [5, 5.41) is 16.8. The molecule has 0 saturated carbocycles. The first-order valence-electron chi connectivity index (χ1n) is 6.07. The fourth-order valence-corrected chi connectivity index (χ4v) is 2.11. The van der Waals surface area contributed by atoms with Crippen LogP contribution in [-0.2, 0) is 5.60 Å². The van der Waals surface area contributed by atoms with E-state index >= 15 is 0 Å². The Balaban J connectivity index is 2.19. The minimum Gasteiger partial charge on any atom is -0.382 e. The van der Waals surface area contributed by atoms with Gasteiger partial charge in [-0.3, -0.25) is 5.10 Å². The number of hydrogen-bond acceptors (Lipinski definition) is 5. The highest BCUT2D eigenvalue weighted by molar-refractivity contribution is 5.33. The normalized spacial score (nSPS) is 26.3. The minimum atomic E-state index is -0.994. The molecule has 96 valence electrons. The number of piperidine rings is 1. The Morgan fingerprint density at radius 2 is 2.24 bits per heavy atom. The van der Waals surface area contributed by atoms with Gasteiger partial charge in [-0.2, -0.15) is 4.98 Å². The molecule has 2 atom stereocenters. The molecule has 0 amide bonds. The molecule has 2 unspecified atom stereocenters. The van der Waals surface area contributed by atoms with Crippen LogP contribution in [0.3, 0.4) is 0 Å². The van der Waals surface area contributed by atoms with Crippen molar-refractivity contribution in [3.8, 4) is 0 Å². The third-order valence-electron chi connectivity index (χ3n) is 3.36. The van der Waals surface area contributed by atoms with Gasteiger partial charge >= 0.3 is 0 Å². The quantitative estimate of drug-likeness (QED) is 0.692. The van der Waals surface area contributed by atoms with E-state index in [0.717, 1.165) is 19.4 Å². The number of aromatic nitrogens is 3. The standard InChI is InChI=1S/C11H21N5O/c1-7-8(12)5-4-6-16(7)10-13-9(14-15-10)11(2,3)17/h7-8,17H,4-6,12H2,1-3H3,(H,13,14,15). The first-order valence-corrected chi connectivity index (χ1v) is 6.07. The van der Waals surface area contributed by atoms with E-state index in [1.807, 2.05) is 0 Å². The van der Waals surface area contributed by atoms with Crippen molar-refractivity contribution in [3.05, 3.63) is 5.82 Å². The van der Waals surface area contributed by atoms with E-state index in [4.69, 9.17) is 5.73 Å². The minimum absolute atomic E-state index is 0.160. The summed E-state index contributed by atoms with van der Waals surface area (Å²) in [5.41, 5.74) is 5.05. The lowest BCUT2D eigenvalue weighted by molar-refractivity contribution is 0.0691. The van der Waals surface area contributed by atoms with Crippen LogP contribution in [0.2, 0.25) is 0 Å². The smallest absolute Gasteiger partial charge is 0.245 e. The van der Waals surface area contributed by atoms with Crippen LogP contribution in [0.1, 0.15) is 39.4 Å².